The molecule has 0 spiro atoms. The van der Waals surface area contributed by atoms with Gasteiger partial charge >= 0.3 is 0 Å². The molecule has 1 aliphatic rings. The van der Waals surface area contributed by atoms with Crippen LogP contribution in [0.1, 0.15) is 21.5 Å². The summed E-state index contributed by atoms with van der Waals surface area (Å²) in [6.45, 7) is 2.96. The molecule has 2 nitrogen and oxygen atoms in total. The van der Waals surface area contributed by atoms with Crippen molar-refractivity contribution in [3.63, 3.8) is 0 Å². The van der Waals surface area contributed by atoms with Gasteiger partial charge in [0.25, 0.3) is 0 Å². The minimum Gasteiger partial charge on any atom is -0.340 e. The molecule has 0 amide bonds. The first-order valence-corrected chi connectivity index (χ1v) is 6.21. The second-order valence-electron chi connectivity index (χ2n) is 4.71. The van der Waals surface area contributed by atoms with Crippen molar-refractivity contribution in [1.82, 2.24) is 0 Å². The Labute approximate surface area is 107 Å². The summed E-state index contributed by atoms with van der Waals surface area (Å²) < 4.78 is 0. The molecule has 2 heteroatoms. The summed E-state index contributed by atoms with van der Waals surface area (Å²) >= 11 is 0. The fraction of sp³-hybridized carbons (Fsp3) is 0.188. The number of hydrogen-bond acceptors (Lipinski definition) is 2. The van der Waals surface area contributed by atoms with Crippen LogP contribution in [0.4, 0.5) is 11.4 Å². The standard InChI is InChI=1S/C16H15NO/c1-12-6-7-16(14(10-12)11-18)17-9-8-13-4-2-3-5-15(13)17/h2-7,10-11H,8-9H2,1H3. The van der Waals surface area contributed by atoms with E-state index in [9.17, 15) is 4.79 Å². The number of carbonyl (C=O) groups excluding carboxylic acids is 1. The van der Waals surface area contributed by atoms with Crippen LogP contribution in [0.2, 0.25) is 0 Å². The van der Waals surface area contributed by atoms with Crippen molar-refractivity contribution < 1.29 is 4.79 Å². The lowest BCUT2D eigenvalue weighted by molar-refractivity contribution is 0.112. The summed E-state index contributed by atoms with van der Waals surface area (Å²) in [6.07, 6.45) is 1.99. The van der Waals surface area contributed by atoms with Gasteiger partial charge in [-0.2, -0.15) is 0 Å². The first-order valence-electron chi connectivity index (χ1n) is 6.21. The van der Waals surface area contributed by atoms with Crippen LogP contribution in [-0.2, 0) is 6.42 Å². The van der Waals surface area contributed by atoms with Crippen molar-refractivity contribution in [2.75, 3.05) is 11.4 Å². The monoisotopic (exact) mass is 237 g/mol. The lowest BCUT2D eigenvalue weighted by Gasteiger charge is -2.21. The zero-order chi connectivity index (χ0) is 12.5. The van der Waals surface area contributed by atoms with E-state index in [0.29, 0.717) is 0 Å². The van der Waals surface area contributed by atoms with Crippen LogP contribution < -0.4 is 4.90 Å². The van der Waals surface area contributed by atoms with E-state index < -0.39 is 0 Å². The molecule has 1 heterocycles. The van der Waals surface area contributed by atoms with E-state index in [4.69, 9.17) is 0 Å². The molecule has 90 valence electrons. The average Bonchev–Trinajstić information content (AvgIpc) is 2.82. The first-order chi connectivity index (χ1) is 8.79. The minimum absolute atomic E-state index is 0.770. The summed E-state index contributed by atoms with van der Waals surface area (Å²) in [5.74, 6) is 0. The molecule has 0 aliphatic carbocycles. The normalized spacial score (nSPS) is 13.5. The number of aryl methyl sites for hydroxylation is 1. The number of fused-ring (bicyclic) bond motifs is 1. The van der Waals surface area contributed by atoms with Crippen LogP contribution >= 0.6 is 0 Å². The van der Waals surface area contributed by atoms with E-state index in [0.717, 1.165) is 36.1 Å². The second kappa shape index (κ2) is 4.30. The molecule has 0 bridgehead atoms. The molecule has 0 unspecified atom stereocenters. The van der Waals surface area contributed by atoms with Gasteiger partial charge in [-0.3, -0.25) is 4.79 Å². The van der Waals surface area contributed by atoms with Crippen molar-refractivity contribution in [2.45, 2.75) is 13.3 Å². The molecule has 0 radical (unpaired) electrons. The van der Waals surface area contributed by atoms with Crippen LogP contribution in [0, 0.1) is 6.92 Å². The highest BCUT2D eigenvalue weighted by atomic mass is 16.1. The van der Waals surface area contributed by atoms with Gasteiger partial charge in [-0.25, -0.2) is 0 Å². The van der Waals surface area contributed by atoms with Crippen LogP contribution in [0.5, 0.6) is 0 Å². The second-order valence-corrected chi connectivity index (χ2v) is 4.71. The zero-order valence-electron chi connectivity index (χ0n) is 10.4. The van der Waals surface area contributed by atoms with Crippen molar-refractivity contribution in [3.05, 3.63) is 59.2 Å². The number of hydrogen-bond donors (Lipinski definition) is 0. The van der Waals surface area contributed by atoms with E-state index in [1.54, 1.807) is 0 Å². The Kier molecular flexibility index (Phi) is 2.63. The van der Waals surface area contributed by atoms with Crippen molar-refractivity contribution in [2.24, 2.45) is 0 Å². The van der Waals surface area contributed by atoms with Crippen LogP contribution in [0.3, 0.4) is 0 Å². The Bertz CT molecular complexity index is 604. The predicted molar refractivity (Wildman–Crippen MR) is 73.7 cm³/mol. The number of nitrogens with zero attached hydrogens (tertiary/aromatic N) is 1. The van der Waals surface area contributed by atoms with Gasteiger partial charge in [0.1, 0.15) is 0 Å². The summed E-state index contributed by atoms with van der Waals surface area (Å²) in [7, 11) is 0. The summed E-state index contributed by atoms with van der Waals surface area (Å²) in [6, 6.07) is 14.4. The SMILES string of the molecule is Cc1ccc(N2CCc3ccccc32)c(C=O)c1. The Hall–Kier alpha value is -2.09. The fourth-order valence-corrected chi connectivity index (χ4v) is 2.60. The zero-order valence-corrected chi connectivity index (χ0v) is 10.4. The number of anilines is 2. The van der Waals surface area contributed by atoms with E-state index in [-0.39, 0.29) is 0 Å². The van der Waals surface area contributed by atoms with Crippen molar-refractivity contribution >= 4 is 17.7 Å². The van der Waals surface area contributed by atoms with E-state index in [1.165, 1.54) is 11.3 Å². The maximum atomic E-state index is 11.2. The number of benzene rings is 2. The van der Waals surface area contributed by atoms with Gasteiger partial charge in [-0.05, 0) is 37.1 Å². The number of aldehydes is 1. The number of rotatable bonds is 2. The highest BCUT2D eigenvalue weighted by Gasteiger charge is 2.21. The molecular formula is C16H15NO. The molecule has 0 fully saturated rings. The molecule has 0 saturated carbocycles. The maximum absolute atomic E-state index is 11.2. The minimum atomic E-state index is 0.770. The third kappa shape index (κ3) is 1.70. The smallest absolute Gasteiger partial charge is 0.152 e. The van der Waals surface area contributed by atoms with Gasteiger partial charge in [-0.1, -0.05) is 29.8 Å². The lowest BCUT2D eigenvalue weighted by atomic mass is 10.1. The molecule has 3 rings (SSSR count). The summed E-state index contributed by atoms with van der Waals surface area (Å²) in [5.41, 5.74) is 5.49. The first kappa shape index (κ1) is 11.0. The number of para-hydroxylation sites is 1. The van der Waals surface area contributed by atoms with Gasteiger partial charge < -0.3 is 4.90 Å². The Morgan fingerprint density at radius 1 is 1.11 bits per heavy atom. The fourth-order valence-electron chi connectivity index (χ4n) is 2.60. The summed E-state index contributed by atoms with van der Waals surface area (Å²) in [5, 5.41) is 0. The molecule has 0 N–H and O–H groups in total. The van der Waals surface area contributed by atoms with E-state index in [1.807, 2.05) is 25.1 Å². The molecule has 0 atom stereocenters. The predicted octanol–water partition coefficient (Wildman–Crippen LogP) is 3.50. The molecule has 2 aromatic carbocycles. The van der Waals surface area contributed by atoms with Gasteiger partial charge in [-0.15, -0.1) is 0 Å². The van der Waals surface area contributed by atoms with Gasteiger partial charge in [0.15, 0.2) is 6.29 Å². The lowest BCUT2D eigenvalue weighted by Crippen LogP contribution is -2.15. The molecule has 18 heavy (non-hydrogen) atoms. The Morgan fingerprint density at radius 2 is 1.94 bits per heavy atom. The quantitative estimate of drug-likeness (QED) is 0.745. The van der Waals surface area contributed by atoms with E-state index >= 15 is 0 Å². The third-order valence-corrected chi connectivity index (χ3v) is 3.49. The van der Waals surface area contributed by atoms with Gasteiger partial charge in [0.05, 0.1) is 5.69 Å². The largest absolute Gasteiger partial charge is 0.340 e. The van der Waals surface area contributed by atoms with Gasteiger partial charge in [0.2, 0.25) is 0 Å². The highest BCUT2D eigenvalue weighted by molar-refractivity contribution is 5.88. The molecular weight excluding hydrogens is 222 g/mol. The molecule has 0 saturated heterocycles. The van der Waals surface area contributed by atoms with E-state index in [2.05, 4.69) is 29.2 Å². The van der Waals surface area contributed by atoms with Gasteiger partial charge in [0, 0.05) is 17.8 Å². The van der Waals surface area contributed by atoms with Crippen molar-refractivity contribution in [3.8, 4) is 0 Å². The molecule has 2 aromatic rings. The van der Waals surface area contributed by atoms with Crippen molar-refractivity contribution in [1.29, 1.82) is 0 Å². The van der Waals surface area contributed by atoms with Crippen LogP contribution in [0.15, 0.2) is 42.5 Å². The number of carbonyl (C=O) groups is 1. The van der Waals surface area contributed by atoms with Crippen LogP contribution in [-0.4, -0.2) is 12.8 Å². The summed E-state index contributed by atoms with van der Waals surface area (Å²) in [4.78, 5) is 13.5. The third-order valence-electron chi connectivity index (χ3n) is 3.49. The topological polar surface area (TPSA) is 20.3 Å². The molecule has 1 aliphatic heterocycles. The Balaban J connectivity index is 2.10. The Morgan fingerprint density at radius 3 is 2.78 bits per heavy atom. The molecule has 0 aromatic heterocycles. The highest BCUT2D eigenvalue weighted by Crippen LogP contribution is 2.35. The average molecular weight is 237 g/mol. The maximum Gasteiger partial charge on any atom is 0.152 e. The van der Waals surface area contributed by atoms with Crippen LogP contribution in [0.25, 0.3) is 0 Å².